The Morgan fingerprint density at radius 2 is 1.87 bits per heavy atom. The summed E-state index contributed by atoms with van der Waals surface area (Å²) in [5.41, 5.74) is 2.20. The van der Waals surface area contributed by atoms with E-state index in [0.717, 1.165) is 54.7 Å². The summed E-state index contributed by atoms with van der Waals surface area (Å²) < 4.78 is 1.90. The maximum absolute atomic E-state index is 10.6. The van der Waals surface area contributed by atoms with Gasteiger partial charge in [0.25, 0.3) is 0 Å². The summed E-state index contributed by atoms with van der Waals surface area (Å²) in [6, 6.07) is 0. The topological polar surface area (TPSA) is 67.1 Å². The molecule has 1 saturated heterocycles. The van der Waals surface area contributed by atoms with Crippen LogP contribution in [-0.2, 0) is 7.05 Å². The molecule has 2 aromatic heterocycles. The molecule has 124 valence electrons. The fourth-order valence-electron chi connectivity index (χ4n) is 3.36. The van der Waals surface area contributed by atoms with Crippen molar-refractivity contribution in [2.24, 2.45) is 13.0 Å². The summed E-state index contributed by atoms with van der Waals surface area (Å²) in [6.45, 7) is 7.86. The summed E-state index contributed by atoms with van der Waals surface area (Å²) in [5, 5.41) is 10.6. The Morgan fingerprint density at radius 1 is 1.17 bits per heavy atom. The van der Waals surface area contributed by atoms with E-state index in [2.05, 4.69) is 26.8 Å². The van der Waals surface area contributed by atoms with E-state index in [0.29, 0.717) is 0 Å². The lowest BCUT2D eigenvalue weighted by molar-refractivity contribution is 0.0824. The van der Waals surface area contributed by atoms with Gasteiger partial charge in [-0.05, 0) is 39.5 Å². The molecule has 3 heterocycles. The average Bonchev–Trinajstić information content (AvgIpc) is 2.96. The lowest BCUT2D eigenvalue weighted by Crippen LogP contribution is -2.37. The van der Waals surface area contributed by atoms with Gasteiger partial charge in [-0.2, -0.15) is 0 Å². The second-order valence-corrected chi connectivity index (χ2v) is 6.47. The molecular weight excluding hydrogens is 290 g/mol. The van der Waals surface area contributed by atoms with Crippen LogP contribution in [0.4, 0.5) is 5.82 Å². The van der Waals surface area contributed by atoms with Gasteiger partial charge < -0.3 is 14.6 Å². The highest BCUT2D eigenvalue weighted by Crippen LogP contribution is 2.32. The number of aryl methyl sites for hydroxylation is 3. The highest BCUT2D eigenvalue weighted by Gasteiger charge is 2.29. The standard InChI is InChI=1S/C17H25N5O/c1-11-12(2)19-13(3)20-16(11)22-8-5-14(6-9-22)15(23)17-18-7-10-21(17)4/h7,10,14-15,23H,5-6,8-9H2,1-4H3. The second kappa shape index (κ2) is 6.28. The molecule has 1 aliphatic rings. The summed E-state index contributed by atoms with van der Waals surface area (Å²) in [6.07, 6.45) is 5.00. The zero-order valence-electron chi connectivity index (χ0n) is 14.3. The SMILES string of the molecule is Cc1nc(C)c(C)c(N2CCC(C(O)c3nccn3C)CC2)n1. The minimum atomic E-state index is -0.493. The van der Waals surface area contributed by atoms with Gasteiger partial charge in [0, 0.05) is 43.8 Å². The van der Waals surface area contributed by atoms with Gasteiger partial charge in [0.1, 0.15) is 23.6 Å². The highest BCUT2D eigenvalue weighted by molar-refractivity contribution is 5.48. The third-order valence-corrected chi connectivity index (χ3v) is 4.88. The highest BCUT2D eigenvalue weighted by atomic mass is 16.3. The number of anilines is 1. The first-order valence-electron chi connectivity index (χ1n) is 8.19. The Balaban J connectivity index is 1.71. The lowest BCUT2D eigenvalue weighted by atomic mass is 9.90. The van der Waals surface area contributed by atoms with Crippen LogP contribution in [0.5, 0.6) is 0 Å². The van der Waals surface area contributed by atoms with Gasteiger partial charge in [0.05, 0.1) is 0 Å². The van der Waals surface area contributed by atoms with Crippen LogP contribution in [0.25, 0.3) is 0 Å². The van der Waals surface area contributed by atoms with E-state index in [1.807, 2.05) is 31.7 Å². The van der Waals surface area contributed by atoms with Crippen molar-refractivity contribution >= 4 is 5.82 Å². The molecule has 3 rings (SSSR count). The molecule has 6 nitrogen and oxygen atoms in total. The number of aliphatic hydroxyl groups is 1. The Kier molecular flexibility index (Phi) is 4.35. The van der Waals surface area contributed by atoms with Crippen molar-refractivity contribution in [2.75, 3.05) is 18.0 Å². The predicted octanol–water partition coefficient (Wildman–Crippen LogP) is 2.09. The van der Waals surface area contributed by atoms with E-state index in [4.69, 9.17) is 0 Å². The van der Waals surface area contributed by atoms with Crippen LogP contribution in [-0.4, -0.2) is 37.7 Å². The second-order valence-electron chi connectivity index (χ2n) is 6.47. The number of piperidine rings is 1. The molecule has 0 amide bonds. The molecule has 0 bridgehead atoms. The molecule has 0 aromatic carbocycles. The zero-order chi connectivity index (χ0) is 16.6. The first kappa shape index (κ1) is 15.9. The molecule has 1 atom stereocenters. The smallest absolute Gasteiger partial charge is 0.137 e. The van der Waals surface area contributed by atoms with E-state index in [9.17, 15) is 5.11 Å². The van der Waals surface area contributed by atoms with Crippen molar-refractivity contribution in [2.45, 2.75) is 39.7 Å². The number of aromatic nitrogens is 4. The maximum atomic E-state index is 10.6. The van der Waals surface area contributed by atoms with E-state index in [1.165, 1.54) is 0 Å². The van der Waals surface area contributed by atoms with E-state index in [-0.39, 0.29) is 5.92 Å². The van der Waals surface area contributed by atoms with Crippen LogP contribution in [0, 0.1) is 26.7 Å². The monoisotopic (exact) mass is 315 g/mol. The summed E-state index contributed by atoms with van der Waals surface area (Å²) in [7, 11) is 1.93. The number of imidazole rings is 1. The molecular formula is C17H25N5O. The molecule has 2 aromatic rings. The van der Waals surface area contributed by atoms with Gasteiger partial charge in [-0.1, -0.05) is 0 Å². The van der Waals surface area contributed by atoms with E-state index < -0.39 is 6.10 Å². The first-order chi connectivity index (χ1) is 11.0. The quantitative estimate of drug-likeness (QED) is 0.939. The third kappa shape index (κ3) is 3.08. The van der Waals surface area contributed by atoms with Crippen molar-refractivity contribution in [1.82, 2.24) is 19.5 Å². The molecule has 1 fully saturated rings. The van der Waals surface area contributed by atoms with Gasteiger partial charge in [0.15, 0.2) is 0 Å². The average molecular weight is 315 g/mol. The van der Waals surface area contributed by atoms with Crippen LogP contribution in [0.2, 0.25) is 0 Å². The van der Waals surface area contributed by atoms with Crippen molar-refractivity contribution in [3.63, 3.8) is 0 Å². The lowest BCUT2D eigenvalue weighted by Gasteiger charge is -2.35. The van der Waals surface area contributed by atoms with Gasteiger partial charge in [-0.25, -0.2) is 15.0 Å². The van der Waals surface area contributed by atoms with Crippen molar-refractivity contribution in [3.05, 3.63) is 35.3 Å². The van der Waals surface area contributed by atoms with Gasteiger partial charge in [-0.15, -0.1) is 0 Å². The number of hydrogen-bond donors (Lipinski definition) is 1. The third-order valence-electron chi connectivity index (χ3n) is 4.88. The molecule has 0 radical (unpaired) electrons. The van der Waals surface area contributed by atoms with Crippen LogP contribution in [0.3, 0.4) is 0 Å². The number of rotatable bonds is 3. The fraction of sp³-hybridized carbons (Fsp3) is 0.588. The zero-order valence-corrected chi connectivity index (χ0v) is 14.3. The number of nitrogens with zero attached hydrogens (tertiary/aromatic N) is 5. The number of hydrogen-bond acceptors (Lipinski definition) is 5. The van der Waals surface area contributed by atoms with Gasteiger partial charge in [-0.3, -0.25) is 0 Å². The van der Waals surface area contributed by atoms with E-state index >= 15 is 0 Å². The van der Waals surface area contributed by atoms with Crippen LogP contribution < -0.4 is 4.90 Å². The molecule has 1 N–H and O–H groups in total. The largest absolute Gasteiger partial charge is 0.385 e. The Morgan fingerprint density at radius 3 is 2.48 bits per heavy atom. The normalized spacial score (nSPS) is 17.5. The van der Waals surface area contributed by atoms with Crippen molar-refractivity contribution in [3.8, 4) is 0 Å². The first-order valence-corrected chi connectivity index (χ1v) is 8.19. The van der Waals surface area contributed by atoms with Crippen LogP contribution in [0.1, 0.15) is 41.9 Å². The summed E-state index contributed by atoms with van der Waals surface area (Å²) in [5.74, 6) is 2.86. The minimum absolute atomic E-state index is 0.247. The molecule has 6 heteroatoms. The molecule has 0 saturated carbocycles. The fourth-order valence-corrected chi connectivity index (χ4v) is 3.36. The molecule has 1 aliphatic heterocycles. The van der Waals surface area contributed by atoms with Gasteiger partial charge in [0.2, 0.25) is 0 Å². The number of aliphatic hydroxyl groups excluding tert-OH is 1. The molecule has 1 unspecified atom stereocenters. The Labute approximate surface area is 137 Å². The van der Waals surface area contributed by atoms with Crippen LogP contribution in [0.15, 0.2) is 12.4 Å². The van der Waals surface area contributed by atoms with Gasteiger partial charge >= 0.3 is 0 Å². The van der Waals surface area contributed by atoms with Crippen molar-refractivity contribution < 1.29 is 5.11 Å². The Hall–Kier alpha value is -1.95. The summed E-state index contributed by atoms with van der Waals surface area (Å²) >= 11 is 0. The van der Waals surface area contributed by atoms with Crippen LogP contribution >= 0.6 is 0 Å². The maximum Gasteiger partial charge on any atom is 0.137 e. The molecule has 23 heavy (non-hydrogen) atoms. The summed E-state index contributed by atoms with van der Waals surface area (Å²) in [4.78, 5) is 15.7. The molecule has 0 spiro atoms. The predicted molar refractivity (Wildman–Crippen MR) is 89.3 cm³/mol. The van der Waals surface area contributed by atoms with E-state index in [1.54, 1.807) is 6.20 Å². The molecule has 0 aliphatic carbocycles. The van der Waals surface area contributed by atoms with Crippen molar-refractivity contribution in [1.29, 1.82) is 0 Å². The minimum Gasteiger partial charge on any atom is -0.385 e. The Bertz CT molecular complexity index is 688.